The first kappa shape index (κ1) is 22.2. The lowest BCUT2D eigenvalue weighted by atomic mass is 9.90. The van der Waals surface area contributed by atoms with E-state index in [1.54, 1.807) is 21.2 Å². The van der Waals surface area contributed by atoms with Crippen molar-refractivity contribution < 1.29 is 0 Å². The standard InChI is InChI=1S/C32H32P2/c1-24-22-25-23-30(24)32(34(28-18-10-4-11-19-28)29-20-12-5-13-21-29)31(25)33(26-14-6-2-7-15-26)27-16-8-3-9-17-27/h2-21,24-25,30-32H,22-23H2,1H3/t24-,25+,30+,31+,32+/m0/s1. The smallest absolute Gasteiger partial charge is 0.00215 e. The normalized spacial score (nSPS) is 25.8. The molecule has 0 nitrogen and oxygen atoms in total. The molecule has 0 aliphatic heterocycles. The minimum absolute atomic E-state index is 0.422. The van der Waals surface area contributed by atoms with Crippen LogP contribution in [0.2, 0.25) is 0 Å². The van der Waals surface area contributed by atoms with E-state index in [-0.39, 0.29) is 0 Å². The molecule has 2 saturated carbocycles. The minimum atomic E-state index is -0.430. The van der Waals surface area contributed by atoms with Crippen LogP contribution in [0, 0.1) is 17.8 Å². The molecular weight excluding hydrogens is 446 g/mol. The van der Waals surface area contributed by atoms with Gasteiger partial charge in [-0.2, -0.15) is 0 Å². The molecule has 2 fully saturated rings. The summed E-state index contributed by atoms with van der Waals surface area (Å²) in [7, 11) is -0.852. The molecule has 6 rings (SSSR count). The SMILES string of the molecule is C[C@H]1C[C@@H]2C[C@H]1[C@@H](P(c1ccccc1)c1ccccc1)[C@@H]2P(c1ccccc1)c1ccccc1. The summed E-state index contributed by atoms with van der Waals surface area (Å²) >= 11 is 0. The van der Waals surface area contributed by atoms with Crippen molar-refractivity contribution in [1.82, 2.24) is 0 Å². The van der Waals surface area contributed by atoms with Crippen LogP contribution in [0.15, 0.2) is 121 Å². The van der Waals surface area contributed by atoms with E-state index in [1.165, 1.54) is 12.8 Å². The highest BCUT2D eigenvalue weighted by Gasteiger charge is 2.56. The summed E-state index contributed by atoms with van der Waals surface area (Å²) in [6, 6.07) is 45.9. The van der Waals surface area contributed by atoms with Crippen LogP contribution in [0.5, 0.6) is 0 Å². The lowest BCUT2D eigenvalue weighted by molar-refractivity contribution is 0.372. The van der Waals surface area contributed by atoms with Crippen LogP contribution >= 0.6 is 15.8 Å². The summed E-state index contributed by atoms with van der Waals surface area (Å²) in [5, 5.41) is 6.20. The van der Waals surface area contributed by atoms with Crippen LogP contribution in [-0.2, 0) is 0 Å². The van der Waals surface area contributed by atoms with Gasteiger partial charge >= 0.3 is 0 Å². The Morgan fingerprint density at radius 2 is 0.824 bits per heavy atom. The van der Waals surface area contributed by atoms with E-state index in [0.717, 1.165) is 29.1 Å². The highest BCUT2D eigenvalue weighted by Crippen LogP contribution is 2.67. The number of hydrogen-bond donors (Lipinski definition) is 0. The fourth-order valence-electron chi connectivity index (χ4n) is 6.67. The topological polar surface area (TPSA) is 0 Å². The van der Waals surface area contributed by atoms with Crippen molar-refractivity contribution >= 4 is 37.1 Å². The zero-order valence-electron chi connectivity index (χ0n) is 19.7. The first-order chi connectivity index (χ1) is 16.8. The Hall–Kier alpha value is -2.26. The molecule has 0 unspecified atom stereocenters. The van der Waals surface area contributed by atoms with Crippen molar-refractivity contribution in [3.8, 4) is 0 Å². The molecule has 0 saturated heterocycles. The predicted octanol–water partition coefficient (Wildman–Crippen LogP) is 6.67. The Labute approximate surface area is 207 Å². The largest absolute Gasteiger partial charge is 0.0622 e. The van der Waals surface area contributed by atoms with Crippen molar-refractivity contribution in [2.24, 2.45) is 17.8 Å². The molecule has 0 heterocycles. The van der Waals surface area contributed by atoms with E-state index in [1.807, 2.05) is 0 Å². The summed E-state index contributed by atoms with van der Waals surface area (Å²) < 4.78 is 0. The minimum Gasteiger partial charge on any atom is -0.0622 e. The van der Waals surface area contributed by atoms with Gasteiger partial charge < -0.3 is 0 Å². The lowest BCUT2D eigenvalue weighted by Gasteiger charge is -2.44. The molecule has 4 aromatic carbocycles. The molecule has 4 aromatic rings. The van der Waals surface area contributed by atoms with E-state index < -0.39 is 15.8 Å². The van der Waals surface area contributed by atoms with E-state index in [0.29, 0.717) is 0 Å². The Bertz CT molecular complexity index is 1110. The number of fused-ring (bicyclic) bond motifs is 2. The van der Waals surface area contributed by atoms with Crippen LogP contribution in [-0.4, -0.2) is 11.3 Å². The Balaban J connectivity index is 1.53. The molecule has 2 heteroatoms. The van der Waals surface area contributed by atoms with E-state index in [9.17, 15) is 0 Å². The van der Waals surface area contributed by atoms with Gasteiger partial charge in [-0.15, -0.1) is 0 Å². The third-order valence-electron chi connectivity index (χ3n) is 7.99. The van der Waals surface area contributed by atoms with Crippen molar-refractivity contribution in [1.29, 1.82) is 0 Å². The van der Waals surface area contributed by atoms with E-state index in [2.05, 4.69) is 128 Å². The first-order valence-corrected chi connectivity index (χ1v) is 15.4. The summed E-state index contributed by atoms with van der Waals surface area (Å²) in [5.41, 5.74) is 1.45. The third kappa shape index (κ3) is 4.06. The van der Waals surface area contributed by atoms with Gasteiger partial charge in [0.1, 0.15) is 0 Å². The third-order valence-corrected chi connectivity index (χ3v) is 14.3. The zero-order valence-corrected chi connectivity index (χ0v) is 21.5. The number of hydrogen-bond acceptors (Lipinski definition) is 0. The van der Waals surface area contributed by atoms with Crippen molar-refractivity contribution in [2.45, 2.75) is 31.1 Å². The number of rotatable bonds is 6. The fraction of sp³-hybridized carbons (Fsp3) is 0.250. The van der Waals surface area contributed by atoms with E-state index in [4.69, 9.17) is 0 Å². The van der Waals surface area contributed by atoms with Crippen LogP contribution in [0.3, 0.4) is 0 Å². The molecule has 5 atom stereocenters. The van der Waals surface area contributed by atoms with Gasteiger partial charge in [0, 0.05) is 0 Å². The second-order valence-electron chi connectivity index (χ2n) is 9.94. The Kier molecular flexibility index (Phi) is 6.39. The summed E-state index contributed by atoms with van der Waals surface area (Å²) in [6.45, 7) is 2.53. The maximum Gasteiger partial charge on any atom is -0.00215 e. The van der Waals surface area contributed by atoms with Crippen LogP contribution in [0.25, 0.3) is 0 Å². The highest BCUT2D eigenvalue weighted by atomic mass is 31.1. The molecule has 2 aliphatic carbocycles. The van der Waals surface area contributed by atoms with Gasteiger partial charge in [0.05, 0.1) is 0 Å². The average Bonchev–Trinajstić information content (AvgIpc) is 3.45. The molecule has 0 radical (unpaired) electrons. The molecule has 2 bridgehead atoms. The van der Waals surface area contributed by atoms with Crippen molar-refractivity contribution in [3.63, 3.8) is 0 Å². The highest BCUT2D eigenvalue weighted by molar-refractivity contribution is 7.77. The Morgan fingerprint density at radius 1 is 0.471 bits per heavy atom. The van der Waals surface area contributed by atoms with Crippen molar-refractivity contribution in [3.05, 3.63) is 121 Å². The molecular formula is C32H32P2. The van der Waals surface area contributed by atoms with Gasteiger partial charge in [-0.05, 0) is 79.0 Å². The van der Waals surface area contributed by atoms with Crippen LogP contribution in [0.1, 0.15) is 19.8 Å². The monoisotopic (exact) mass is 478 g/mol. The molecule has 0 amide bonds. The van der Waals surface area contributed by atoms with Gasteiger partial charge in [-0.1, -0.05) is 128 Å². The van der Waals surface area contributed by atoms with Crippen LogP contribution < -0.4 is 21.2 Å². The molecule has 0 N–H and O–H groups in total. The second-order valence-corrected chi connectivity index (χ2v) is 14.7. The predicted molar refractivity (Wildman–Crippen MR) is 151 cm³/mol. The zero-order chi connectivity index (χ0) is 22.9. The van der Waals surface area contributed by atoms with Gasteiger partial charge in [-0.25, -0.2) is 0 Å². The molecule has 2 aliphatic rings. The molecule has 170 valence electrons. The number of benzene rings is 4. The fourth-order valence-corrected chi connectivity index (χ4v) is 14.0. The van der Waals surface area contributed by atoms with Gasteiger partial charge in [0.25, 0.3) is 0 Å². The van der Waals surface area contributed by atoms with Gasteiger partial charge in [-0.3, -0.25) is 0 Å². The maximum absolute atomic E-state index is 2.53. The average molecular weight is 479 g/mol. The molecule has 0 spiro atoms. The molecule has 0 aromatic heterocycles. The van der Waals surface area contributed by atoms with Crippen molar-refractivity contribution in [2.75, 3.05) is 0 Å². The van der Waals surface area contributed by atoms with Gasteiger partial charge in [0.15, 0.2) is 0 Å². The van der Waals surface area contributed by atoms with Gasteiger partial charge in [0.2, 0.25) is 0 Å². The summed E-state index contributed by atoms with van der Waals surface area (Å²) in [4.78, 5) is 0. The lowest BCUT2D eigenvalue weighted by Crippen LogP contribution is -2.41. The summed E-state index contributed by atoms with van der Waals surface area (Å²) in [6.07, 6.45) is 2.81. The first-order valence-electron chi connectivity index (χ1n) is 12.6. The summed E-state index contributed by atoms with van der Waals surface area (Å²) in [5.74, 6) is 2.47. The quantitative estimate of drug-likeness (QED) is 0.272. The Morgan fingerprint density at radius 3 is 1.21 bits per heavy atom. The van der Waals surface area contributed by atoms with E-state index >= 15 is 0 Å². The maximum atomic E-state index is 2.53. The van der Waals surface area contributed by atoms with Crippen LogP contribution in [0.4, 0.5) is 0 Å². The second kappa shape index (κ2) is 9.77. The molecule has 34 heavy (non-hydrogen) atoms.